The summed E-state index contributed by atoms with van der Waals surface area (Å²) < 4.78 is 24.4. The maximum Gasteiger partial charge on any atom is 0.306 e. The van der Waals surface area contributed by atoms with Crippen molar-refractivity contribution in [3.63, 3.8) is 0 Å². The first-order valence-electron chi connectivity index (χ1n) is 17.2. The van der Waals surface area contributed by atoms with Crippen LogP contribution in [0.15, 0.2) is 23.8 Å². The number of epoxide rings is 2. The molecule has 2 heterocycles. The van der Waals surface area contributed by atoms with Crippen molar-refractivity contribution in [2.24, 2.45) is 5.92 Å². The lowest BCUT2D eigenvalue weighted by Gasteiger charge is -2.42. The number of hydrogen-bond donors (Lipinski definition) is 0. The van der Waals surface area contributed by atoms with Gasteiger partial charge in [0.05, 0.1) is 18.6 Å². The molecule has 0 aromatic carbocycles. The van der Waals surface area contributed by atoms with Gasteiger partial charge >= 0.3 is 5.97 Å². The number of methoxy groups -OCH3 is 1. The number of unbranched alkanes of at least 4 members (excludes halogenated alkanes) is 13. The summed E-state index contributed by atoms with van der Waals surface area (Å²) in [5.41, 5.74) is 0.837. The molecule has 41 heavy (non-hydrogen) atoms. The van der Waals surface area contributed by atoms with E-state index in [1.54, 1.807) is 7.11 Å². The molecule has 5 nitrogen and oxygen atoms in total. The van der Waals surface area contributed by atoms with Crippen LogP contribution in [0.1, 0.15) is 150 Å². The molecule has 0 radical (unpaired) electrons. The lowest BCUT2D eigenvalue weighted by molar-refractivity contribution is -0.172. The van der Waals surface area contributed by atoms with Crippen LogP contribution in [-0.4, -0.2) is 49.2 Å². The molecule has 2 saturated heterocycles. The zero-order valence-electron chi connectivity index (χ0n) is 27.2. The lowest BCUT2D eigenvalue weighted by atomic mass is 9.68. The molecule has 1 aliphatic carbocycles. The zero-order valence-corrected chi connectivity index (χ0v) is 27.2. The molecule has 3 rings (SSSR count). The van der Waals surface area contributed by atoms with E-state index in [0.717, 1.165) is 38.7 Å². The third-order valence-electron chi connectivity index (χ3n) is 9.66. The van der Waals surface area contributed by atoms with Crippen molar-refractivity contribution < 1.29 is 23.7 Å². The second kappa shape index (κ2) is 17.8. The van der Waals surface area contributed by atoms with Crippen molar-refractivity contribution in [2.75, 3.05) is 13.7 Å². The van der Waals surface area contributed by atoms with Crippen molar-refractivity contribution in [1.82, 2.24) is 0 Å². The van der Waals surface area contributed by atoms with E-state index in [0.29, 0.717) is 6.42 Å². The predicted molar refractivity (Wildman–Crippen MR) is 168 cm³/mol. The maximum absolute atomic E-state index is 12.8. The Labute approximate surface area is 252 Å². The molecule has 3 fully saturated rings. The van der Waals surface area contributed by atoms with E-state index in [9.17, 15) is 4.79 Å². The lowest BCUT2D eigenvalue weighted by Crippen LogP contribution is -2.55. The fourth-order valence-electron chi connectivity index (χ4n) is 6.99. The van der Waals surface area contributed by atoms with Crippen LogP contribution >= 0.6 is 0 Å². The quantitative estimate of drug-likeness (QED) is 0.0558. The Morgan fingerprint density at radius 3 is 2.05 bits per heavy atom. The van der Waals surface area contributed by atoms with E-state index >= 15 is 0 Å². The van der Waals surface area contributed by atoms with E-state index in [4.69, 9.17) is 18.9 Å². The highest BCUT2D eigenvalue weighted by Crippen LogP contribution is 2.59. The molecule has 0 aromatic heterocycles. The number of esters is 1. The molecule has 3 aliphatic rings. The minimum atomic E-state index is -0.293. The normalized spacial score (nSPS) is 30.6. The highest BCUT2D eigenvalue weighted by molar-refractivity contribution is 5.69. The Morgan fingerprint density at radius 2 is 1.49 bits per heavy atom. The van der Waals surface area contributed by atoms with Gasteiger partial charge < -0.3 is 18.9 Å². The van der Waals surface area contributed by atoms with Crippen molar-refractivity contribution in [2.45, 2.75) is 179 Å². The van der Waals surface area contributed by atoms with Crippen molar-refractivity contribution >= 4 is 5.97 Å². The van der Waals surface area contributed by atoms with Gasteiger partial charge in [-0.05, 0) is 72.1 Å². The Hall–Kier alpha value is -1.17. The first-order valence-corrected chi connectivity index (χ1v) is 17.2. The smallest absolute Gasteiger partial charge is 0.306 e. The zero-order chi connectivity index (χ0) is 29.6. The second-order valence-corrected chi connectivity index (χ2v) is 13.4. The molecule has 0 amide bonds. The summed E-state index contributed by atoms with van der Waals surface area (Å²) in [5, 5.41) is 0. The van der Waals surface area contributed by atoms with Crippen LogP contribution < -0.4 is 0 Å². The Bertz CT molecular complexity index is 811. The molecule has 1 saturated carbocycles. The molecule has 0 aromatic rings. The van der Waals surface area contributed by atoms with E-state index in [1.165, 1.54) is 89.0 Å². The topological polar surface area (TPSA) is 60.6 Å². The van der Waals surface area contributed by atoms with Crippen molar-refractivity contribution in [3.05, 3.63) is 23.8 Å². The van der Waals surface area contributed by atoms with Gasteiger partial charge in [-0.25, -0.2) is 0 Å². The third kappa shape index (κ3) is 11.1. The minimum absolute atomic E-state index is 0.0813. The molecular formula is C36H62O5. The van der Waals surface area contributed by atoms with Crippen LogP contribution in [0, 0.1) is 5.92 Å². The molecule has 0 N–H and O–H groups in total. The van der Waals surface area contributed by atoms with Crippen LogP contribution in [0.4, 0.5) is 0 Å². The van der Waals surface area contributed by atoms with Crippen LogP contribution in [0.25, 0.3) is 0 Å². The average Bonchev–Trinajstić information content (AvgIpc) is 3.87. The van der Waals surface area contributed by atoms with Crippen LogP contribution in [-0.2, 0) is 23.7 Å². The van der Waals surface area contributed by atoms with Crippen LogP contribution in [0.5, 0.6) is 0 Å². The summed E-state index contributed by atoms with van der Waals surface area (Å²) in [5.74, 6) is 0.00139. The summed E-state index contributed by atoms with van der Waals surface area (Å²) >= 11 is 0. The maximum atomic E-state index is 12.8. The van der Waals surface area contributed by atoms with Crippen LogP contribution in [0.2, 0.25) is 0 Å². The van der Waals surface area contributed by atoms with E-state index < -0.39 is 0 Å². The Morgan fingerprint density at radius 1 is 0.902 bits per heavy atom. The van der Waals surface area contributed by atoms with Crippen molar-refractivity contribution in [1.29, 1.82) is 0 Å². The van der Waals surface area contributed by atoms with Gasteiger partial charge in [0.2, 0.25) is 0 Å². The van der Waals surface area contributed by atoms with Gasteiger partial charge in [-0.1, -0.05) is 94.9 Å². The van der Waals surface area contributed by atoms with Gasteiger partial charge in [-0.15, -0.1) is 0 Å². The molecule has 6 atom stereocenters. The van der Waals surface area contributed by atoms with Gasteiger partial charge in [0.25, 0.3) is 0 Å². The Kier molecular flexibility index (Phi) is 14.9. The van der Waals surface area contributed by atoms with E-state index in [1.807, 2.05) is 0 Å². The third-order valence-corrected chi connectivity index (χ3v) is 9.66. The average molecular weight is 575 g/mol. The number of rotatable bonds is 22. The molecule has 236 valence electrons. The van der Waals surface area contributed by atoms with E-state index in [-0.39, 0.29) is 41.4 Å². The number of allylic oxidation sites excluding steroid dienone is 3. The van der Waals surface area contributed by atoms with Gasteiger partial charge in [-0.2, -0.15) is 0 Å². The van der Waals surface area contributed by atoms with E-state index in [2.05, 4.69) is 45.9 Å². The summed E-state index contributed by atoms with van der Waals surface area (Å²) in [6.07, 6.45) is 29.0. The first kappa shape index (κ1) is 34.3. The second-order valence-electron chi connectivity index (χ2n) is 13.4. The van der Waals surface area contributed by atoms with Gasteiger partial charge in [0.1, 0.15) is 23.4 Å². The first-order chi connectivity index (χ1) is 19.9. The highest BCUT2D eigenvalue weighted by Gasteiger charge is 2.72. The molecule has 0 bridgehead atoms. The number of ether oxygens (including phenoxy) is 4. The predicted octanol–water partition coefficient (Wildman–Crippen LogP) is 9.42. The summed E-state index contributed by atoms with van der Waals surface area (Å²) in [7, 11) is 1.74. The van der Waals surface area contributed by atoms with Gasteiger partial charge in [0, 0.05) is 13.5 Å². The number of carbonyl (C=O) groups is 1. The molecule has 1 spiro atoms. The monoisotopic (exact) mass is 574 g/mol. The van der Waals surface area contributed by atoms with Crippen LogP contribution in [0.3, 0.4) is 0 Å². The standard InChI is InChI=1S/C36H62O5/c1-6-7-8-9-10-11-12-13-14-15-16-17-18-19-20-21-22-23-32(37)40-30-26-27-36(28-39-36)34(33(30)38-5)35(4)31(41-35)25-24-29(2)3/h10-11,24,30-31,33-34H,6-9,12-23,25-28H2,1-5H3/b11-10+/t30-,31-,33-,34-,35+,36+/m1/s1. The number of hydrogen-bond acceptors (Lipinski definition) is 5. The van der Waals surface area contributed by atoms with Gasteiger partial charge in [0.15, 0.2) is 0 Å². The fraction of sp³-hybridized carbons (Fsp3) is 0.861. The molecule has 5 heteroatoms. The molecular weight excluding hydrogens is 512 g/mol. The van der Waals surface area contributed by atoms with Gasteiger partial charge in [-0.3, -0.25) is 4.79 Å². The highest BCUT2D eigenvalue weighted by atomic mass is 16.6. The molecule has 0 unspecified atom stereocenters. The Balaban J connectivity index is 1.23. The summed E-state index contributed by atoms with van der Waals surface area (Å²) in [6.45, 7) is 9.45. The largest absolute Gasteiger partial charge is 0.460 e. The minimum Gasteiger partial charge on any atom is -0.460 e. The number of carbonyl (C=O) groups excluding carboxylic acids is 1. The summed E-state index contributed by atoms with van der Waals surface area (Å²) in [6, 6.07) is 0. The SMILES string of the molecule is CCCCC/C=C/CCCCCCCCCCCCC(=O)O[C@@H]1CC[C@]2(CO2)[C@@H]([C@@]2(C)O[C@@H]2CC=C(C)C)[C@@H]1OC. The fourth-order valence-corrected chi connectivity index (χ4v) is 6.99. The summed E-state index contributed by atoms with van der Waals surface area (Å²) in [4.78, 5) is 12.8. The van der Waals surface area contributed by atoms with Crippen molar-refractivity contribution in [3.8, 4) is 0 Å². The molecule has 2 aliphatic heterocycles.